The van der Waals surface area contributed by atoms with Gasteiger partial charge in [0.05, 0.1) is 0 Å². The van der Waals surface area contributed by atoms with Crippen LogP contribution in [0, 0.1) is 0 Å². The average molecular weight is 390 g/mol. The Balaban J connectivity index is 3.32. The molecule has 0 aromatic heterocycles. The van der Waals surface area contributed by atoms with Gasteiger partial charge in [-0.1, -0.05) is 23.7 Å². The lowest BCUT2D eigenvalue weighted by atomic mass is 10.1. The van der Waals surface area contributed by atoms with Gasteiger partial charge in [-0.25, -0.2) is 9.36 Å². The first-order valence-electron chi connectivity index (χ1n) is 7.25. The van der Waals surface area contributed by atoms with Crippen LogP contribution >= 0.6 is 19.2 Å². The monoisotopic (exact) mass is 389 g/mol. The average Bonchev–Trinajstić information content (AvgIpc) is 2.53. The standard InChI is InChI=1S/C15H21ClN3O5P/c1-15(2,3)24-14(20)18-12(10-6-8-11(16)9-7-10)13(19-17)25(21,22-4)23-5/h6-9,12H,1-5H3,(H,18,20)/t12-/m1/s1. The van der Waals surface area contributed by atoms with Crippen molar-refractivity contribution < 1.29 is 27.9 Å². The maximum atomic E-state index is 12.7. The Morgan fingerprint density at radius 2 is 1.76 bits per heavy atom. The number of ether oxygens (including phenoxy) is 1. The molecular weight excluding hydrogens is 369 g/mol. The highest BCUT2D eigenvalue weighted by atomic mass is 35.5. The van der Waals surface area contributed by atoms with Gasteiger partial charge in [0.15, 0.2) is 6.04 Å². The lowest BCUT2D eigenvalue weighted by Crippen LogP contribution is -2.38. The van der Waals surface area contributed by atoms with Crippen LogP contribution in [-0.4, -0.2) is 36.2 Å². The lowest BCUT2D eigenvalue weighted by Gasteiger charge is -2.23. The molecule has 0 aliphatic carbocycles. The van der Waals surface area contributed by atoms with E-state index in [4.69, 9.17) is 25.4 Å². The molecule has 138 valence electrons. The van der Waals surface area contributed by atoms with E-state index in [1.54, 1.807) is 45.0 Å². The Bertz CT molecular complexity index is 703. The van der Waals surface area contributed by atoms with Gasteiger partial charge in [0.2, 0.25) is 0 Å². The van der Waals surface area contributed by atoms with Gasteiger partial charge in [0, 0.05) is 19.2 Å². The lowest BCUT2D eigenvalue weighted by molar-refractivity contribution is -0.00973. The number of nitrogens with zero attached hydrogens (tertiary/aromatic N) is 2. The fourth-order valence-corrected chi connectivity index (χ4v) is 3.20. The van der Waals surface area contributed by atoms with Crippen LogP contribution in [0.5, 0.6) is 0 Å². The number of benzene rings is 1. The maximum Gasteiger partial charge on any atom is 0.439 e. The molecule has 0 fully saturated rings. The predicted molar refractivity (Wildman–Crippen MR) is 93.8 cm³/mol. The molecule has 0 unspecified atom stereocenters. The van der Waals surface area contributed by atoms with Crippen LogP contribution in [-0.2, 0) is 18.3 Å². The van der Waals surface area contributed by atoms with E-state index >= 15 is 0 Å². The van der Waals surface area contributed by atoms with Crippen LogP contribution < -0.4 is 5.32 Å². The summed E-state index contributed by atoms with van der Waals surface area (Å²) >= 11 is 5.87. The summed E-state index contributed by atoms with van der Waals surface area (Å²) in [4.78, 5) is 15.2. The van der Waals surface area contributed by atoms with Crippen molar-refractivity contribution in [2.45, 2.75) is 32.4 Å². The summed E-state index contributed by atoms with van der Waals surface area (Å²) in [7, 11) is -1.65. The molecule has 1 rings (SSSR count). The molecule has 0 bridgehead atoms. The molecule has 1 aromatic carbocycles. The molecule has 1 atom stereocenters. The highest BCUT2D eigenvalue weighted by Gasteiger charge is 2.46. The van der Waals surface area contributed by atoms with Gasteiger partial charge in [0.25, 0.3) is 0 Å². The van der Waals surface area contributed by atoms with E-state index in [0.29, 0.717) is 10.6 Å². The highest BCUT2D eigenvalue weighted by molar-refractivity contribution is 7.72. The first-order valence-corrected chi connectivity index (χ1v) is 9.17. The van der Waals surface area contributed by atoms with E-state index in [1.165, 1.54) is 0 Å². The zero-order valence-corrected chi connectivity index (χ0v) is 16.3. The summed E-state index contributed by atoms with van der Waals surface area (Å²) in [5.41, 5.74) is 8.69. The number of halogens is 1. The first kappa shape index (κ1) is 21.4. The number of amides is 1. The smallest absolute Gasteiger partial charge is 0.439 e. The number of hydrogen-bond donors (Lipinski definition) is 1. The summed E-state index contributed by atoms with van der Waals surface area (Å²) in [6.45, 7) is 5.08. The summed E-state index contributed by atoms with van der Waals surface area (Å²) in [6.07, 6.45) is -0.799. The number of hydrogen-bond acceptors (Lipinski definition) is 5. The molecule has 0 radical (unpaired) electrons. The number of nitrogens with one attached hydrogen (secondary N) is 1. The molecule has 0 saturated carbocycles. The Morgan fingerprint density at radius 3 is 2.16 bits per heavy atom. The fourth-order valence-electron chi connectivity index (χ4n) is 1.91. The molecule has 1 amide bonds. The van der Waals surface area contributed by atoms with Crippen molar-refractivity contribution in [2.75, 3.05) is 14.2 Å². The minimum atomic E-state index is -3.94. The van der Waals surface area contributed by atoms with Gasteiger partial charge in [-0.2, -0.15) is 4.79 Å². The largest absolute Gasteiger partial charge is 0.444 e. The van der Waals surface area contributed by atoms with Gasteiger partial charge in [0.1, 0.15) is 5.60 Å². The van der Waals surface area contributed by atoms with E-state index in [2.05, 4.69) is 10.1 Å². The fraction of sp³-hybridized carbons (Fsp3) is 0.467. The van der Waals surface area contributed by atoms with Gasteiger partial charge >= 0.3 is 19.1 Å². The number of carbonyl (C=O) groups is 1. The molecular formula is C15H21ClN3O5P. The minimum absolute atomic E-state index is 0.398. The Hall–Kier alpha value is -1.69. The first-order chi connectivity index (χ1) is 11.6. The van der Waals surface area contributed by atoms with Crippen molar-refractivity contribution in [1.82, 2.24) is 5.32 Å². The molecule has 10 heteroatoms. The Morgan fingerprint density at radius 1 is 1.24 bits per heavy atom. The molecule has 0 heterocycles. The second-order valence-corrected chi connectivity index (χ2v) is 8.57. The van der Waals surface area contributed by atoms with Crippen molar-refractivity contribution >= 4 is 30.7 Å². The van der Waals surface area contributed by atoms with Crippen LogP contribution in [0.4, 0.5) is 4.79 Å². The third kappa shape index (κ3) is 5.96. The van der Waals surface area contributed by atoms with Crippen LogP contribution in [0.2, 0.25) is 5.02 Å². The predicted octanol–water partition coefficient (Wildman–Crippen LogP) is 4.02. The molecule has 0 aliphatic heterocycles. The van der Waals surface area contributed by atoms with E-state index in [-0.39, 0.29) is 0 Å². The van der Waals surface area contributed by atoms with Crippen LogP contribution in [0.15, 0.2) is 24.3 Å². The Kier molecular flexibility index (Phi) is 7.35. The quantitative estimate of drug-likeness (QED) is 0.342. The van der Waals surface area contributed by atoms with Crippen molar-refractivity contribution in [3.63, 3.8) is 0 Å². The van der Waals surface area contributed by atoms with Crippen molar-refractivity contribution in [3.8, 4) is 0 Å². The molecule has 25 heavy (non-hydrogen) atoms. The number of rotatable bonds is 6. The van der Waals surface area contributed by atoms with Gasteiger partial charge in [-0.05, 0) is 38.5 Å². The van der Waals surface area contributed by atoms with E-state index < -0.39 is 30.8 Å². The maximum absolute atomic E-state index is 12.7. The van der Waals surface area contributed by atoms with Crippen molar-refractivity contribution in [3.05, 3.63) is 40.4 Å². The zero-order valence-electron chi connectivity index (χ0n) is 14.6. The SMILES string of the molecule is COP(=O)(OC)C(=[N+]=[N-])[C@H](NC(=O)OC(C)(C)C)c1ccc(Cl)cc1. The normalized spacial score (nSPS) is 12.9. The zero-order chi connectivity index (χ0) is 19.3. The van der Waals surface area contributed by atoms with Gasteiger partial charge < -0.3 is 24.6 Å². The second-order valence-electron chi connectivity index (χ2n) is 5.95. The van der Waals surface area contributed by atoms with E-state index in [1.807, 2.05) is 0 Å². The van der Waals surface area contributed by atoms with Crippen LogP contribution in [0.25, 0.3) is 5.53 Å². The van der Waals surface area contributed by atoms with Crippen molar-refractivity contribution in [2.24, 2.45) is 0 Å². The summed E-state index contributed by atoms with van der Waals surface area (Å²) in [5, 5.41) is 2.97. The van der Waals surface area contributed by atoms with E-state index in [0.717, 1.165) is 14.2 Å². The van der Waals surface area contributed by atoms with Crippen LogP contribution in [0.1, 0.15) is 32.4 Å². The molecule has 0 aliphatic rings. The third-order valence-electron chi connectivity index (χ3n) is 2.99. The Labute approximate surface area is 151 Å². The molecule has 0 spiro atoms. The summed E-state index contributed by atoms with van der Waals surface area (Å²) < 4.78 is 27.6. The second kappa shape index (κ2) is 8.61. The third-order valence-corrected chi connectivity index (χ3v) is 5.11. The minimum Gasteiger partial charge on any atom is -0.444 e. The summed E-state index contributed by atoms with van der Waals surface area (Å²) in [6, 6.07) is 5.17. The van der Waals surface area contributed by atoms with Gasteiger partial charge in [-0.15, -0.1) is 0 Å². The van der Waals surface area contributed by atoms with Gasteiger partial charge in [-0.3, -0.25) is 0 Å². The molecule has 1 aromatic rings. The summed E-state index contributed by atoms with van der Waals surface area (Å²) in [5.74, 6) is 0. The molecule has 8 nitrogen and oxygen atoms in total. The highest BCUT2D eigenvalue weighted by Crippen LogP contribution is 2.50. The van der Waals surface area contributed by atoms with E-state index in [9.17, 15) is 14.9 Å². The molecule has 1 N–H and O–H groups in total. The molecule has 0 saturated heterocycles. The van der Waals surface area contributed by atoms with Crippen LogP contribution in [0.3, 0.4) is 0 Å². The number of carbonyl (C=O) groups excluding carboxylic acids is 1. The van der Waals surface area contributed by atoms with Crippen molar-refractivity contribution in [1.29, 1.82) is 0 Å². The topological polar surface area (TPSA) is 110 Å². The number of alkyl carbamates (subject to hydrolysis) is 1.